The molecule has 1 aliphatic carbocycles. The summed E-state index contributed by atoms with van der Waals surface area (Å²) in [6.45, 7) is 4.08. The van der Waals surface area contributed by atoms with Crippen molar-refractivity contribution in [2.45, 2.75) is 26.3 Å². The van der Waals surface area contributed by atoms with E-state index in [2.05, 4.69) is 10.6 Å². The van der Waals surface area contributed by atoms with Gasteiger partial charge >= 0.3 is 12.0 Å². The Labute approximate surface area is 126 Å². The summed E-state index contributed by atoms with van der Waals surface area (Å²) in [7, 11) is 0. The van der Waals surface area contributed by atoms with Gasteiger partial charge in [-0.2, -0.15) is 0 Å². The second-order valence-electron chi connectivity index (χ2n) is 5.46. The zero-order valence-corrected chi connectivity index (χ0v) is 12.5. The molecule has 0 radical (unpaired) electrons. The number of carboxylic acids is 1. The van der Waals surface area contributed by atoms with Crippen LogP contribution in [-0.4, -0.2) is 23.1 Å². The molecular formula is C13H14Cl2N2O3. The molecule has 5 nitrogen and oxygen atoms in total. The van der Waals surface area contributed by atoms with Crippen molar-refractivity contribution in [1.29, 1.82) is 0 Å². The van der Waals surface area contributed by atoms with E-state index in [1.165, 1.54) is 12.1 Å². The van der Waals surface area contributed by atoms with Gasteiger partial charge in [0.05, 0.1) is 16.3 Å². The van der Waals surface area contributed by atoms with Crippen LogP contribution >= 0.6 is 23.2 Å². The zero-order valence-electron chi connectivity index (χ0n) is 11.0. The number of carboxylic acid groups (broad SMARTS) is 1. The molecule has 108 valence electrons. The maximum Gasteiger partial charge on any atom is 0.337 e. The summed E-state index contributed by atoms with van der Waals surface area (Å²) in [5, 5.41) is 14.6. The van der Waals surface area contributed by atoms with Crippen LogP contribution in [-0.2, 0) is 0 Å². The number of amides is 2. The van der Waals surface area contributed by atoms with Crippen molar-refractivity contribution in [2.75, 3.05) is 5.32 Å². The highest BCUT2D eigenvalue weighted by molar-refractivity contribution is 6.37. The standard InChI is InChI=1S/C13H14Cl2N2O3/c1-13(2)5-9(13)16-12(20)17-10-7(11(18)19)3-6(14)4-8(10)15/h3-4,9H,5H2,1-2H3,(H,18,19)(H2,16,17,20). The highest BCUT2D eigenvalue weighted by Crippen LogP contribution is 2.44. The van der Waals surface area contributed by atoms with Gasteiger partial charge in [0, 0.05) is 11.1 Å². The predicted molar refractivity (Wildman–Crippen MR) is 77.8 cm³/mol. The maximum atomic E-state index is 11.9. The van der Waals surface area contributed by atoms with Gasteiger partial charge in [0.1, 0.15) is 0 Å². The van der Waals surface area contributed by atoms with Gasteiger partial charge in [0.2, 0.25) is 0 Å². The van der Waals surface area contributed by atoms with Gasteiger partial charge in [-0.15, -0.1) is 0 Å². The van der Waals surface area contributed by atoms with E-state index in [0.717, 1.165) is 6.42 Å². The number of halogens is 2. The summed E-state index contributed by atoms with van der Waals surface area (Å²) in [6.07, 6.45) is 0.889. The van der Waals surface area contributed by atoms with E-state index in [1.807, 2.05) is 13.8 Å². The minimum Gasteiger partial charge on any atom is -0.478 e. The van der Waals surface area contributed by atoms with Crippen molar-refractivity contribution in [3.63, 3.8) is 0 Å². The number of anilines is 1. The van der Waals surface area contributed by atoms with Crippen molar-refractivity contribution in [3.8, 4) is 0 Å². The lowest BCUT2D eigenvalue weighted by atomic mass is 10.1. The lowest BCUT2D eigenvalue weighted by Crippen LogP contribution is -2.33. The van der Waals surface area contributed by atoms with Gasteiger partial charge in [0.15, 0.2) is 0 Å². The van der Waals surface area contributed by atoms with Gasteiger partial charge in [-0.3, -0.25) is 0 Å². The van der Waals surface area contributed by atoms with Crippen molar-refractivity contribution >= 4 is 40.9 Å². The number of rotatable bonds is 3. The largest absolute Gasteiger partial charge is 0.478 e. The lowest BCUT2D eigenvalue weighted by molar-refractivity contribution is 0.0698. The summed E-state index contributed by atoms with van der Waals surface area (Å²) in [6, 6.07) is 2.23. The fourth-order valence-electron chi connectivity index (χ4n) is 1.89. The number of carbonyl (C=O) groups excluding carboxylic acids is 1. The first-order chi connectivity index (χ1) is 9.20. The van der Waals surface area contributed by atoms with Crippen LogP contribution in [0.3, 0.4) is 0 Å². The molecule has 0 heterocycles. The van der Waals surface area contributed by atoms with E-state index in [4.69, 9.17) is 28.3 Å². The topological polar surface area (TPSA) is 78.4 Å². The quantitative estimate of drug-likeness (QED) is 0.797. The summed E-state index contributed by atoms with van der Waals surface area (Å²) in [5.74, 6) is -1.21. The molecule has 3 N–H and O–H groups in total. The van der Waals surface area contributed by atoms with Crippen LogP contribution in [0, 0.1) is 5.41 Å². The summed E-state index contributed by atoms with van der Waals surface area (Å²) < 4.78 is 0. The van der Waals surface area contributed by atoms with Crippen LogP contribution in [0.5, 0.6) is 0 Å². The summed E-state index contributed by atoms with van der Waals surface area (Å²) >= 11 is 11.7. The fourth-order valence-corrected chi connectivity index (χ4v) is 2.43. The van der Waals surface area contributed by atoms with E-state index >= 15 is 0 Å². The Morgan fingerprint density at radius 3 is 2.45 bits per heavy atom. The zero-order chi connectivity index (χ0) is 15.1. The molecule has 1 aliphatic rings. The maximum absolute atomic E-state index is 11.9. The van der Waals surface area contributed by atoms with Crippen molar-refractivity contribution in [1.82, 2.24) is 5.32 Å². The second kappa shape index (κ2) is 5.14. The Morgan fingerprint density at radius 2 is 1.95 bits per heavy atom. The van der Waals surface area contributed by atoms with Gasteiger partial charge < -0.3 is 15.7 Å². The average Bonchev–Trinajstić information content (AvgIpc) is 2.88. The molecule has 1 atom stereocenters. The van der Waals surface area contributed by atoms with Crippen LogP contribution in [0.2, 0.25) is 10.0 Å². The predicted octanol–water partition coefficient (Wildman–Crippen LogP) is 3.61. The van der Waals surface area contributed by atoms with Crippen LogP contribution in [0.25, 0.3) is 0 Å². The van der Waals surface area contributed by atoms with Crippen molar-refractivity contribution in [2.24, 2.45) is 5.41 Å². The normalized spacial score (nSPS) is 19.3. The third-order valence-corrected chi connectivity index (χ3v) is 3.86. The van der Waals surface area contributed by atoms with E-state index in [9.17, 15) is 9.59 Å². The number of hydrogen-bond acceptors (Lipinski definition) is 2. The SMILES string of the molecule is CC1(C)CC1NC(=O)Nc1c(Cl)cc(Cl)cc1C(=O)O. The number of carbonyl (C=O) groups is 2. The van der Waals surface area contributed by atoms with Crippen molar-refractivity contribution < 1.29 is 14.7 Å². The Balaban J connectivity index is 2.16. The van der Waals surface area contributed by atoms with Crippen molar-refractivity contribution in [3.05, 3.63) is 27.7 Å². The second-order valence-corrected chi connectivity index (χ2v) is 6.30. The number of urea groups is 1. The Hall–Kier alpha value is -1.46. The summed E-state index contributed by atoms with van der Waals surface area (Å²) in [4.78, 5) is 23.0. The molecule has 1 aromatic rings. The van der Waals surface area contributed by atoms with Crippen LogP contribution in [0.4, 0.5) is 10.5 Å². The first kappa shape index (κ1) is 14.9. The fraction of sp³-hybridized carbons (Fsp3) is 0.385. The van der Waals surface area contributed by atoms with E-state index < -0.39 is 12.0 Å². The number of aromatic carboxylic acids is 1. The number of hydrogen-bond donors (Lipinski definition) is 3. The Kier molecular flexibility index (Phi) is 3.84. The molecular weight excluding hydrogens is 303 g/mol. The average molecular weight is 317 g/mol. The molecule has 1 aromatic carbocycles. The number of benzene rings is 1. The van der Waals surface area contributed by atoms with Gasteiger partial charge in [0.25, 0.3) is 0 Å². The summed E-state index contributed by atoms with van der Waals surface area (Å²) in [5.41, 5.74) is -0.0243. The third-order valence-electron chi connectivity index (χ3n) is 3.34. The molecule has 0 bridgehead atoms. The molecule has 1 unspecified atom stereocenters. The monoisotopic (exact) mass is 316 g/mol. The van der Waals surface area contributed by atoms with Crippen LogP contribution < -0.4 is 10.6 Å². The molecule has 1 saturated carbocycles. The van der Waals surface area contributed by atoms with Gasteiger partial charge in [-0.1, -0.05) is 37.0 Å². The number of nitrogens with one attached hydrogen (secondary N) is 2. The molecule has 0 spiro atoms. The van der Waals surface area contributed by atoms with E-state index in [-0.39, 0.29) is 32.8 Å². The van der Waals surface area contributed by atoms with Crippen LogP contribution in [0.15, 0.2) is 12.1 Å². The third kappa shape index (κ3) is 3.16. The molecule has 7 heteroatoms. The Bertz CT molecular complexity index is 587. The first-order valence-electron chi connectivity index (χ1n) is 6.00. The molecule has 0 aliphatic heterocycles. The van der Waals surface area contributed by atoms with E-state index in [0.29, 0.717) is 0 Å². The van der Waals surface area contributed by atoms with E-state index in [1.54, 1.807) is 0 Å². The molecule has 2 rings (SSSR count). The molecule has 0 saturated heterocycles. The molecule has 20 heavy (non-hydrogen) atoms. The van der Waals surface area contributed by atoms with Gasteiger partial charge in [-0.05, 0) is 24.0 Å². The smallest absolute Gasteiger partial charge is 0.337 e. The lowest BCUT2D eigenvalue weighted by Gasteiger charge is -2.12. The molecule has 0 aromatic heterocycles. The Morgan fingerprint density at radius 1 is 1.35 bits per heavy atom. The first-order valence-corrected chi connectivity index (χ1v) is 6.76. The van der Waals surface area contributed by atoms with Gasteiger partial charge in [-0.25, -0.2) is 9.59 Å². The minimum atomic E-state index is -1.21. The molecule has 2 amide bonds. The molecule has 1 fully saturated rings. The highest BCUT2D eigenvalue weighted by Gasteiger charge is 2.46. The highest BCUT2D eigenvalue weighted by atomic mass is 35.5. The minimum absolute atomic E-state index is 0.0412. The van der Waals surface area contributed by atoms with Crippen LogP contribution in [0.1, 0.15) is 30.6 Å².